The van der Waals surface area contributed by atoms with Gasteiger partial charge in [0.25, 0.3) is 0 Å². The fourth-order valence-electron chi connectivity index (χ4n) is 1.16. The summed E-state index contributed by atoms with van der Waals surface area (Å²) in [5, 5.41) is 3.10. The summed E-state index contributed by atoms with van der Waals surface area (Å²) >= 11 is 3.25. The third-order valence-corrected chi connectivity index (χ3v) is 3.20. The Labute approximate surface area is 122 Å². The van der Waals surface area contributed by atoms with E-state index >= 15 is 0 Å². The Hall–Kier alpha value is -1.44. The van der Waals surface area contributed by atoms with E-state index in [2.05, 4.69) is 26.0 Å². The van der Waals surface area contributed by atoms with Crippen LogP contribution in [0.4, 0.5) is 23.7 Å². The summed E-state index contributed by atoms with van der Waals surface area (Å²) in [6.45, 7) is 2.14. The molecule has 1 unspecified atom stereocenters. The van der Waals surface area contributed by atoms with Crippen LogP contribution in [0.15, 0.2) is 24.3 Å². The smallest absolute Gasteiger partial charge is 0.449 e. The van der Waals surface area contributed by atoms with Gasteiger partial charge in [0.1, 0.15) is 5.75 Å². The van der Waals surface area contributed by atoms with Crippen LogP contribution in [-0.4, -0.2) is 24.4 Å². The van der Waals surface area contributed by atoms with E-state index in [0.29, 0.717) is 11.0 Å². The fourth-order valence-corrected chi connectivity index (χ4v) is 1.34. The number of carbonyl (C=O) groups excluding carboxylic acids is 1. The molecule has 0 heterocycles. The van der Waals surface area contributed by atoms with Crippen LogP contribution in [0, 0.1) is 5.92 Å². The molecule has 20 heavy (non-hydrogen) atoms. The van der Waals surface area contributed by atoms with Crippen molar-refractivity contribution < 1.29 is 27.4 Å². The van der Waals surface area contributed by atoms with E-state index in [1.54, 1.807) is 0 Å². The summed E-state index contributed by atoms with van der Waals surface area (Å²) in [5.74, 6) is -0.187. The van der Waals surface area contributed by atoms with Gasteiger partial charge in [0.05, 0.1) is 6.61 Å². The molecule has 8 heteroatoms. The first-order chi connectivity index (χ1) is 9.30. The topological polar surface area (TPSA) is 47.6 Å². The van der Waals surface area contributed by atoms with Gasteiger partial charge < -0.3 is 9.47 Å². The maximum absolute atomic E-state index is 11.9. The van der Waals surface area contributed by atoms with Crippen molar-refractivity contribution in [2.75, 3.05) is 17.3 Å². The Morgan fingerprint density at radius 3 is 2.45 bits per heavy atom. The lowest BCUT2D eigenvalue weighted by molar-refractivity contribution is -0.274. The van der Waals surface area contributed by atoms with Gasteiger partial charge in [0.2, 0.25) is 0 Å². The lowest BCUT2D eigenvalue weighted by Crippen LogP contribution is -2.18. The molecule has 0 fully saturated rings. The van der Waals surface area contributed by atoms with E-state index in [4.69, 9.17) is 4.74 Å². The van der Waals surface area contributed by atoms with Gasteiger partial charge in [-0.25, -0.2) is 4.79 Å². The molecule has 112 valence electrons. The summed E-state index contributed by atoms with van der Waals surface area (Å²) in [6, 6.07) is 4.78. The monoisotopic (exact) mass is 355 g/mol. The fraction of sp³-hybridized carbons (Fsp3) is 0.417. The first-order valence-corrected chi connectivity index (χ1v) is 6.78. The SMILES string of the molecule is CC(CBr)COC(=O)Nc1ccc(OC(F)(F)F)cc1. The van der Waals surface area contributed by atoms with Crippen LogP contribution >= 0.6 is 15.9 Å². The zero-order valence-corrected chi connectivity index (χ0v) is 12.1. The quantitative estimate of drug-likeness (QED) is 0.806. The molecule has 0 aliphatic heterocycles. The molecule has 0 bridgehead atoms. The second-order valence-corrected chi connectivity index (χ2v) is 4.70. The Morgan fingerprint density at radius 2 is 1.95 bits per heavy atom. The van der Waals surface area contributed by atoms with E-state index in [9.17, 15) is 18.0 Å². The molecule has 1 atom stereocenters. The van der Waals surface area contributed by atoms with Crippen LogP contribution in [0.5, 0.6) is 5.75 Å². The van der Waals surface area contributed by atoms with Crippen molar-refractivity contribution in [3.8, 4) is 5.75 Å². The minimum atomic E-state index is -4.74. The van der Waals surface area contributed by atoms with Crippen LogP contribution in [0.1, 0.15) is 6.92 Å². The van der Waals surface area contributed by atoms with Gasteiger partial charge in [-0.3, -0.25) is 5.32 Å². The third-order valence-electron chi connectivity index (χ3n) is 2.10. The van der Waals surface area contributed by atoms with Crippen LogP contribution in [0.2, 0.25) is 0 Å². The van der Waals surface area contributed by atoms with Crippen molar-refractivity contribution in [2.45, 2.75) is 13.3 Å². The predicted octanol–water partition coefficient (Wildman–Crippen LogP) is 4.16. The van der Waals surface area contributed by atoms with Crippen molar-refractivity contribution in [1.82, 2.24) is 0 Å². The number of alkyl halides is 4. The van der Waals surface area contributed by atoms with Crippen molar-refractivity contribution in [1.29, 1.82) is 0 Å². The van der Waals surface area contributed by atoms with Crippen LogP contribution < -0.4 is 10.1 Å². The molecular weight excluding hydrogens is 343 g/mol. The highest BCUT2D eigenvalue weighted by Gasteiger charge is 2.30. The summed E-state index contributed by atoms with van der Waals surface area (Å²) in [4.78, 5) is 11.4. The third kappa shape index (κ3) is 6.65. The van der Waals surface area contributed by atoms with Crippen LogP contribution in [-0.2, 0) is 4.74 Å². The molecule has 0 saturated carbocycles. The molecule has 1 aromatic carbocycles. The minimum absolute atomic E-state index is 0.170. The van der Waals surface area contributed by atoms with Gasteiger partial charge in [0, 0.05) is 16.9 Å². The Balaban J connectivity index is 2.47. The van der Waals surface area contributed by atoms with Crippen LogP contribution in [0.25, 0.3) is 0 Å². The Morgan fingerprint density at radius 1 is 1.35 bits per heavy atom. The standard InChI is InChI=1S/C12H13BrF3NO3/c1-8(6-13)7-19-11(18)17-9-2-4-10(5-3-9)20-12(14,15)16/h2-5,8H,6-7H2,1H3,(H,17,18). The molecule has 1 rings (SSSR count). The van der Waals surface area contributed by atoms with E-state index < -0.39 is 12.5 Å². The number of rotatable bonds is 5. The van der Waals surface area contributed by atoms with Gasteiger partial charge >= 0.3 is 12.5 Å². The molecular formula is C12H13BrF3NO3. The van der Waals surface area contributed by atoms with E-state index in [1.165, 1.54) is 12.1 Å². The van der Waals surface area contributed by atoms with Gasteiger partial charge in [0.15, 0.2) is 0 Å². The van der Waals surface area contributed by atoms with Crippen molar-refractivity contribution in [3.63, 3.8) is 0 Å². The van der Waals surface area contributed by atoms with Gasteiger partial charge in [-0.2, -0.15) is 0 Å². The molecule has 0 radical (unpaired) electrons. The maximum atomic E-state index is 11.9. The van der Waals surface area contributed by atoms with Gasteiger partial charge in [-0.05, 0) is 24.3 Å². The number of hydrogen-bond acceptors (Lipinski definition) is 3. The first kappa shape index (κ1) is 16.6. The number of ether oxygens (including phenoxy) is 2. The maximum Gasteiger partial charge on any atom is 0.573 e. The molecule has 1 N–H and O–H groups in total. The molecule has 0 aromatic heterocycles. The molecule has 1 aromatic rings. The molecule has 4 nitrogen and oxygen atoms in total. The van der Waals surface area contributed by atoms with Crippen molar-refractivity contribution in [3.05, 3.63) is 24.3 Å². The van der Waals surface area contributed by atoms with Crippen LogP contribution in [0.3, 0.4) is 0 Å². The largest absolute Gasteiger partial charge is 0.573 e. The normalized spacial score (nSPS) is 12.7. The second kappa shape index (κ2) is 7.37. The molecule has 0 aliphatic rings. The van der Waals surface area contributed by atoms with Gasteiger partial charge in [-0.1, -0.05) is 22.9 Å². The second-order valence-electron chi connectivity index (χ2n) is 4.06. The molecule has 0 aliphatic carbocycles. The molecule has 0 spiro atoms. The number of halogens is 4. The molecule has 1 amide bonds. The highest BCUT2D eigenvalue weighted by atomic mass is 79.9. The number of hydrogen-bond donors (Lipinski definition) is 1. The average molecular weight is 356 g/mol. The highest BCUT2D eigenvalue weighted by Crippen LogP contribution is 2.23. The van der Waals surface area contributed by atoms with Gasteiger partial charge in [-0.15, -0.1) is 13.2 Å². The Bertz CT molecular complexity index is 437. The average Bonchev–Trinajstić information content (AvgIpc) is 2.36. The Kier molecular flexibility index (Phi) is 6.12. The lowest BCUT2D eigenvalue weighted by Gasteiger charge is -2.11. The van der Waals surface area contributed by atoms with Crippen molar-refractivity contribution in [2.24, 2.45) is 5.92 Å². The molecule has 0 saturated heterocycles. The summed E-state index contributed by atoms with van der Waals surface area (Å²) in [6.07, 6.45) is -5.40. The summed E-state index contributed by atoms with van der Waals surface area (Å²) in [5.41, 5.74) is 0.316. The zero-order valence-electron chi connectivity index (χ0n) is 10.5. The zero-order chi connectivity index (χ0) is 15.2. The lowest BCUT2D eigenvalue weighted by atomic mass is 10.2. The van der Waals surface area contributed by atoms with E-state index in [-0.39, 0.29) is 18.3 Å². The number of benzene rings is 1. The summed E-state index contributed by atoms with van der Waals surface area (Å²) in [7, 11) is 0. The number of amides is 1. The van der Waals surface area contributed by atoms with Crippen molar-refractivity contribution >= 4 is 27.7 Å². The predicted molar refractivity (Wildman–Crippen MR) is 71.1 cm³/mol. The van der Waals surface area contributed by atoms with E-state index in [1.807, 2.05) is 6.92 Å². The van der Waals surface area contributed by atoms with E-state index in [0.717, 1.165) is 12.1 Å². The number of anilines is 1. The minimum Gasteiger partial charge on any atom is -0.449 e. The summed E-state index contributed by atoms with van der Waals surface area (Å²) < 4.78 is 44.5. The number of nitrogens with one attached hydrogen (secondary N) is 1. The first-order valence-electron chi connectivity index (χ1n) is 5.65. The highest BCUT2D eigenvalue weighted by molar-refractivity contribution is 9.09. The number of carbonyl (C=O) groups is 1.